The molecule has 1 aliphatic carbocycles. The number of ether oxygens (including phenoxy) is 2. The summed E-state index contributed by atoms with van der Waals surface area (Å²) in [6.07, 6.45) is -1.02. The van der Waals surface area contributed by atoms with Gasteiger partial charge in [-0.15, -0.1) is 0 Å². The molecule has 1 aromatic carbocycles. The molecule has 1 atom stereocenters. The largest absolute Gasteiger partial charge is 0.433 e. The van der Waals surface area contributed by atoms with Crippen LogP contribution in [0.5, 0.6) is 5.75 Å². The second-order valence-electron chi connectivity index (χ2n) is 7.62. The number of primary amides is 1. The van der Waals surface area contributed by atoms with Gasteiger partial charge in [-0.25, -0.2) is 8.78 Å². The van der Waals surface area contributed by atoms with E-state index in [0.29, 0.717) is 12.8 Å². The topological polar surface area (TPSA) is 114 Å². The fraction of sp³-hybridized carbons (Fsp3) is 0.550. The van der Waals surface area contributed by atoms with Crippen molar-refractivity contribution in [2.24, 2.45) is 5.73 Å². The van der Waals surface area contributed by atoms with E-state index in [1.54, 1.807) is 0 Å². The molecular weight excluding hydrogens is 452 g/mol. The standard InChI is InChI=1S/C20H24F4N4O5/c21-15(22)9-28(11-2-1-3-11)17(18(25)30)19(31)26-13-5-4-12(8-14(13)33-20(23)24)27-6-7-32-10-16(27)29/h4-5,8,11,15,17,20H,1-3,6-7,9-10H2,(H2,25,30)(H,26,31)/t17-/m1/s1. The van der Waals surface area contributed by atoms with Crippen molar-refractivity contribution in [2.75, 3.05) is 36.5 Å². The first-order valence-electron chi connectivity index (χ1n) is 10.3. The van der Waals surface area contributed by atoms with E-state index in [2.05, 4.69) is 10.1 Å². The van der Waals surface area contributed by atoms with Crippen molar-refractivity contribution in [3.05, 3.63) is 18.2 Å². The molecule has 2 fully saturated rings. The fourth-order valence-electron chi connectivity index (χ4n) is 3.75. The Hall–Kier alpha value is -2.93. The Morgan fingerprint density at radius 1 is 1.27 bits per heavy atom. The summed E-state index contributed by atoms with van der Waals surface area (Å²) in [5.41, 5.74) is 5.35. The molecule has 182 valence electrons. The van der Waals surface area contributed by atoms with Crippen molar-refractivity contribution in [2.45, 2.75) is 44.4 Å². The molecule has 33 heavy (non-hydrogen) atoms. The number of rotatable bonds is 10. The Labute approximate surface area is 186 Å². The molecule has 0 aromatic heterocycles. The minimum absolute atomic E-state index is 0.176. The summed E-state index contributed by atoms with van der Waals surface area (Å²) >= 11 is 0. The zero-order chi connectivity index (χ0) is 24.1. The molecule has 9 nitrogen and oxygen atoms in total. The molecular formula is C20H24F4N4O5. The quantitative estimate of drug-likeness (QED) is 0.392. The number of halogens is 4. The van der Waals surface area contributed by atoms with Crippen molar-refractivity contribution >= 4 is 29.1 Å². The zero-order valence-electron chi connectivity index (χ0n) is 17.5. The van der Waals surface area contributed by atoms with Crippen LogP contribution in [-0.4, -0.2) is 74.0 Å². The molecule has 3 N–H and O–H groups in total. The van der Waals surface area contributed by atoms with Crippen LogP contribution in [-0.2, 0) is 19.1 Å². The van der Waals surface area contributed by atoms with Crippen LogP contribution in [0.25, 0.3) is 0 Å². The minimum atomic E-state index is -3.26. The number of anilines is 2. The van der Waals surface area contributed by atoms with E-state index in [1.165, 1.54) is 17.0 Å². The lowest BCUT2D eigenvalue weighted by molar-refractivity contribution is -0.136. The van der Waals surface area contributed by atoms with E-state index in [4.69, 9.17) is 10.5 Å². The van der Waals surface area contributed by atoms with Crippen molar-refractivity contribution in [1.82, 2.24) is 4.90 Å². The molecule has 3 rings (SSSR count). The van der Waals surface area contributed by atoms with E-state index < -0.39 is 55.1 Å². The van der Waals surface area contributed by atoms with Crippen molar-refractivity contribution < 1.29 is 41.4 Å². The summed E-state index contributed by atoms with van der Waals surface area (Å²) in [7, 11) is 0. The summed E-state index contributed by atoms with van der Waals surface area (Å²) in [5.74, 6) is -3.06. The number of nitrogens with two attached hydrogens (primary N) is 1. The highest BCUT2D eigenvalue weighted by Gasteiger charge is 2.39. The number of hydrogen-bond acceptors (Lipinski definition) is 6. The van der Waals surface area contributed by atoms with Gasteiger partial charge in [-0.1, -0.05) is 6.42 Å². The number of hydrogen-bond donors (Lipinski definition) is 2. The average molecular weight is 476 g/mol. The van der Waals surface area contributed by atoms with Crippen LogP contribution < -0.4 is 20.7 Å². The lowest BCUT2D eigenvalue weighted by Crippen LogP contribution is -2.58. The highest BCUT2D eigenvalue weighted by atomic mass is 19.3. The summed E-state index contributed by atoms with van der Waals surface area (Å²) in [5, 5.41) is 2.28. The zero-order valence-corrected chi connectivity index (χ0v) is 17.5. The Balaban J connectivity index is 1.86. The van der Waals surface area contributed by atoms with Crippen LogP contribution in [0.1, 0.15) is 19.3 Å². The number of carbonyl (C=O) groups is 3. The Morgan fingerprint density at radius 3 is 2.55 bits per heavy atom. The van der Waals surface area contributed by atoms with Gasteiger partial charge in [0.1, 0.15) is 6.61 Å². The number of nitrogens with one attached hydrogen (secondary N) is 1. The van der Waals surface area contributed by atoms with E-state index in [0.717, 1.165) is 17.4 Å². The van der Waals surface area contributed by atoms with Crippen LogP contribution in [0.15, 0.2) is 18.2 Å². The van der Waals surface area contributed by atoms with Crippen molar-refractivity contribution in [3.8, 4) is 5.75 Å². The van der Waals surface area contributed by atoms with Gasteiger partial charge in [0.05, 0.1) is 18.8 Å². The normalized spacial score (nSPS) is 17.9. The first kappa shape index (κ1) is 24.7. The first-order chi connectivity index (χ1) is 15.7. The Morgan fingerprint density at radius 2 is 2.00 bits per heavy atom. The lowest BCUT2D eigenvalue weighted by Gasteiger charge is -2.40. The van der Waals surface area contributed by atoms with Crippen LogP contribution in [0.4, 0.5) is 28.9 Å². The molecule has 0 spiro atoms. The van der Waals surface area contributed by atoms with Gasteiger partial charge in [-0.2, -0.15) is 8.78 Å². The summed E-state index contributed by atoms with van der Waals surface area (Å²) < 4.78 is 61.8. The predicted molar refractivity (Wildman–Crippen MR) is 108 cm³/mol. The highest BCUT2D eigenvalue weighted by molar-refractivity contribution is 6.10. The van der Waals surface area contributed by atoms with Crippen LogP contribution in [0.3, 0.4) is 0 Å². The number of morpholine rings is 1. The Bertz CT molecular complexity index is 884. The monoisotopic (exact) mass is 476 g/mol. The van der Waals surface area contributed by atoms with E-state index >= 15 is 0 Å². The van der Waals surface area contributed by atoms with Crippen molar-refractivity contribution in [3.63, 3.8) is 0 Å². The molecule has 1 aromatic rings. The van der Waals surface area contributed by atoms with Gasteiger partial charge < -0.3 is 25.4 Å². The number of nitrogens with zero attached hydrogens (tertiary/aromatic N) is 2. The van der Waals surface area contributed by atoms with Gasteiger partial charge >= 0.3 is 6.61 Å². The van der Waals surface area contributed by atoms with E-state index in [9.17, 15) is 31.9 Å². The predicted octanol–water partition coefficient (Wildman–Crippen LogP) is 1.56. The molecule has 1 heterocycles. The summed E-state index contributed by atoms with van der Waals surface area (Å²) in [6, 6.07) is 1.58. The third-order valence-electron chi connectivity index (χ3n) is 5.48. The number of amides is 3. The molecule has 1 saturated heterocycles. The number of alkyl halides is 4. The smallest absolute Gasteiger partial charge is 0.387 e. The van der Waals surface area contributed by atoms with E-state index in [1.807, 2.05) is 0 Å². The molecule has 0 radical (unpaired) electrons. The van der Waals surface area contributed by atoms with Crippen molar-refractivity contribution in [1.29, 1.82) is 0 Å². The molecule has 13 heteroatoms. The van der Waals surface area contributed by atoms with Crippen LogP contribution in [0, 0.1) is 0 Å². The maximum absolute atomic E-state index is 13.1. The number of carbonyl (C=O) groups excluding carboxylic acids is 3. The van der Waals surface area contributed by atoms with E-state index in [-0.39, 0.29) is 31.1 Å². The molecule has 0 bridgehead atoms. The third-order valence-corrected chi connectivity index (χ3v) is 5.48. The SMILES string of the molecule is NC(=O)[C@H](C(=O)Nc1ccc(N2CCOCC2=O)cc1OC(F)F)N(CC(F)F)C1CCC1. The average Bonchev–Trinajstić information content (AvgIpc) is 2.67. The van der Waals surface area contributed by atoms with Gasteiger partial charge in [-0.3, -0.25) is 19.3 Å². The molecule has 1 aliphatic heterocycles. The number of benzene rings is 1. The second kappa shape index (κ2) is 10.8. The fourth-order valence-corrected chi connectivity index (χ4v) is 3.75. The van der Waals surface area contributed by atoms with Gasteiger partial charge in [0.15, 0.2) is 11.8 Å². The lowest BCUT2D eigenvalue weighted by atomic mass is 9.90. The summed E-state index contributed by atoms with van der Waals surface area (Å²) in [6.45, 7) is -3.84. The van der Waals surface area contributed by atoms with Gasteiger partial charge in [0, 0.05) is 24.3 Å². The first-order valence-corrected chi connectivity index (χ1v) is 10.3. The summed E-state index contributed by atoms with van der Waals surface area (Å²) in [4.78, 5) is 39.3. The van der Waals surface area contributed by atoms with Crippen LogP contribution >= 0.6 is 0 Å². The molecule has 0 unspecified atom stereocenters. The molecule has 1 saturated carbocycles. The second-order valence-corrected chi connectivity index (χ2v) is 7.62. The minimum Gasteiger partial charge on any atom is -0.433 e. The third kappa shape index (κ3) is 6.11. The van der Waals surface area contributed by atoms with Gasteiger partial charge in [0.2, 0.25) is 5.91 Å². The highest BCUT2D eigenvalue weighted by Crippen LogP contribution is 2.33. The maximum atomic E-state index is 13.1. The molecule has 3 amide bonds. The van der Waals surface area contributed by atoms with Gasteiger partial charge in [-0.05, 0) is 25.0 Å². The van der Waals surface area contributed by atoms with Gasteiger partial charge in [0.25, 0.3) is 18.2 Å². The maximum Gasteiger partial charge on any atom is 0.387 e. The Kier molecular flexibility index (Phi) is 8.08. The molecule has 2 aliphatic rings. The van der Waals surface area contributed by atoms with Crippen LogP contribution in [0.2, 0.25) is 0 Å².